The van der Waals surface area contributed by atoms with E-state index in [-0.39, 0.29) is 23.0 Å². The first kappa shape index (κ1) is 24.1. The number of benzene rings is 1. The van der Waals surface area contributed by atoms with E-state index in [9.17, 15) is 9.59 Å². The van der Waals surface area contributed by atoms with Crippen molar-refractivity contribution in [3.8, 4) is 0 Å². The molecule has 32 heavy (non-hydrogen) atoms. The number of furan rings is 1. The average Bonchev–Trinajstić information content (AvgIpc) is 3.11. The third kappa shape index (κ3) is 6.45. The minimum Gasteiger partial charge on any atom is -0.455 e. The van der Waals surface area contributed by atoms with Gasteiger partial charge in [-0.3, -0.25) is 14.5 Å². The molecule has 2 amide bonds. The van der Waals surface area contributed by atoms with Crippen LogP contribution in [0.1, 0.15) is 81.3 Å². The minimum atomic E-state index is -0.498. The Morgan fingerprint density at radius 2 is 1.84 bits per heavy atom. The molecule has 1 aromatic heterocycles. The third-order valence-corrected chi connectivity index (χ3v) is 6.02. The van der Waals surface area contributed by atoms with Gasteiger partial charge < -0.3 is 15.1 Å². The van der Waals surface area contributed by atoms with Gasteiger partial charge in [-0.05, 0) is 61.8 Å². The van der Waals surface area contributed by atoms with Crippen LogP contribution in [0.2, 0.25) is 0 Å². The molecule has 3 rings (SSSR count). The molecular formula is C26H37N3O3. The molecule has 0 saturated carbocycles. The van der Waals surface area contributed by atoms with Gasteiger partial charge in [0.05, 0.1) is 6.54 Å². The summed E-state index contributed by atoms with van der Waals surface area (Å²) in [5.74, 6) is 0.522. The highest BCUT2D eigenvalue weighted by molar-refractivity contribution is 5.95. The Bertz CT molecular complexity index is 909. The number of amides is 2. The van der Waals surface area contributed by atoms with Gasteiger partial charge >= 0.3 is 0 Å². The summed E-state index contributed by atoms with van der Waals surface area (Å²) in [6, 6.07) is 12.1. The van der Waals surface area contributed by atoms with Crippen molar-refractivity contribution in [3.63, 3.8) is 0 Å². The summed E-state index contributed by atoms with van der Waals surface area (Å²) in [6.45, 7) is 13.0. The predicted octanol–water partition coefficient (Wildman–Crippen LogP) is 4.39. The maximum absolute atomic E-state index is 12.6. The fourth-order valence-electron chi connectivity index (χ4n) is 3.86. The van der Waals surface area contributed by atoms with Gasteiger partial charge in [-0.2, -0.15) is 0 Å². The Morgan fingerprint density at radius 1 is 1.12 bits per heavy atom. The van der Waals surface area contributed by atoms with E-state index in [1.54, 1.807) is 6.07 Å². The molecule has 0 spiro atoms. The molecule has 1 saturated heterocycles. The largest absolute Gasteiger partial charge is 0.455 e. The van der Waals surface area contributed by atoms with Crippen molar-refractivity contribution in [1.29, 1.82) is 0 Å². The van der Waals surface area contributed by atoms with Crippen LogP contribution >= 0.6 is 0 Å². The van der Waals surface area contributed by atoms with Crippen LogP contribution in [-0.2, 0) is 23.3 Å². The zero-order chi connectivity index (χ0) is 23.3. The van der Waals surface area contributed by atoms with Crippen LogP contribution in [0.4, 0.5) is 0 Å². The highest BCUT2D eigenvalue weighted by Gasteiger charge is 2.24. The van der Waals surface area contributed by atoms with Gasteiger partial charge in [-0.1, -0.05) is 45.0 Å². The molecule has 0 radical (unpaired) electrons. The van der Waals surface area contributed by atoms with Crippen molar-refractivity contribution in [3.05, 3.63) is 59.0 Å². The molecule has 174 valence electrons. The fourth-order valence-corrected chi connectivity index (χ4v) is 3.86. The van der Waals surface area contributed by atoms with E-state index >= 15 is 0 Å². The lowest BCUT2D eigenvalue weighted by Crippen LogP contribution is -2.45. The minimum absolute atomic E-state index is 0.119. The Hall–Kier alpha value is -2.60. The average molecular weight is 440 g/mol. The van der Waals surface area contributed by atoms with Gasteiger partial charge in [-0.25, -0.2) is 0 Å². The molecular weight excluding hydrogens is 402 g/mol. The summed E-state index contributed by atoms with van der Waals surface area (Å²) in [5, 5.41) is 5.65. The highest BCUT2D eigenvalue weighted by Crippen LogP contribution is 2.23. The quantitative estimate of drug-likeness (QED) is 0.671. The van der Waals surface area contributed by atoms with E-state index in [1.807, 2.05) is 6.07 Å². The monoisotopic (exact) mass is 439 g/mol. The van der Waals surface area contributed by atoms with E-state index < -0.39 is 6.04 Å². The SMILES string of the molecule is CC(C)N(Cc1ccc(C(C)(C)C)cc1)Cc1ccc(C(=O)NC2CCCCNC2=O)o1. The number of hydrogen-bond acceptors (Lipinski definition) is 4. The number of carbonyl (C=O) groups is 2. The van der Waals surface area contributed by atoms with Crippen LogP contribution in [-0.4, -0.2) is 35.3 Å². The Balaban J connectivity index is 1.62. The molecule has 1 fully saturated rings. The van der Waals surface area contributed by atoms with E-state index in [0.717, 1.165) is 25.1 Å². The molecule has 2 N–H and O–H groups in total. The summed E-state index contributed by atoms with van der Waals surface area (Å²) in [6.07, 6.45) is 2.50. The maximum Gasteiger partial charge on any atom is 0.287 e. The van der Waals surface area contributed by atoms with E-state index in [4.69, 9.17) is 4.42 Å². The maximum atomic E-state index is 12.6. The second kappa shape index (κ2) is 10.3. The first-order valence-corrected chi connectivity index (χ1v) is 11.6. The molecule has 2 aromatic rings. The van der Waals surface area contributed by atoms with Gasteiger partial charge in [0.25, 0.3) is 5.91 Å². The van der Waals surface area contributed by atoms with Crippen molar-refractivity contribution in [1.82, 2.24) is 15.5 Å². The molecule has 0 bridgehead atoms. The van der Waals surface area contributed by atoms with Crippen molar-refractivity contribution >= 4 is 11.8 Å². The van der Waals surface area contributed by atoms with Gasteiger partial charge in [0.15, 0.2) is 5.76 Å². The first-order chi connectivity index (χ1) is 15.1. The molecule has 1 unspecified atom stereocenters. The molecule has 1 atom stereocenters. The number of rotatable bonds is 7. The summed E-state index contributed by atoms with van der Waals surface area (Å²) < 4.78 is 5.85. The van der Waals surface area contributed by atoms with Crippen LogP contribution in [0.25, 0.3) is 0 Å². The Morgan fingerprint density at radius 3 is 2.50 bits per heavy atom. The highest BCUT2D eigenvalue weighted by atomic mass is 16.4. The molecule has 1 aromatic carbocycles. The van der Waals surface area contributed by atoms with E-state index in [0.29, 0.717) is 25.6 Å². The number of nitrogens with one attached hydrogen (secondary N) is 2. The second-order valence-corrected chi connectivity index (χ2v) is 10.0. The van der Waals surface area contributed by atoms with E-state index in [2.05, 4.69) is 74.4 Å². The lowest BCUT2D eigenvalue weighted by molar-refractivity contribution is -0.122. The number of carbonyl (C=O) groups excluding carboxylic acids is 2. The molecule has 6 heteroatoms. The Kier molecular flexibility index (Phi) is 7.77. The smallest absolute Gasteiger partial charge is 0.287 e. The molecule has 1 aliphatic heterocycles. The molecule has 2 heterocycles. The van der Waals surface area contributed by atoms with Crippen molar-refractivity contribution in [2.45, 2.75) is 84.5 Å². The number of hydrogen-bond donors (Lipinski definition) is 2. The van der Waals surface area contributed by atoms with Crippen molar-refractivity contribution in [2.24, 2.45) is 0 Å². The lowest BCUT2D eigenvalue weighted by atomic mass is 9.87. The predicted molar refractivity (Wildman–Crippen MR) is 126 cm³/mol. The van der Waals surface area contributed by atoms with Crippen molar-refractivity contribution < 1.29 is 14.0 Å². The standard InChI is InChI=1S/C26H37N3O3/c1-18(2)29(16-19-9-11-20(12-10-19)26(3,4)5)17-21-13-14-23(32-21)25(31)28-22-8-6-7-15-27-24(22)30/h9-14,18,22H,6-8,15-17H2,1-5H3,(H,27,30)(H,28,31). The third-order valence-electron chi connectivity index (χ3n) is 6.02. The van der Waals surface area contributed by atoms with Crippen molar-refractivity contribution in [2.75, 3.05) is 6.54 Å². The van der Waals surface area contributed by atoms with Crippen LogP contribution in [0, 0.1) is 0 Å². The summed E-state index contributed by atoms with van der Waals surface area (Å²) in [7, 11) is 0. The lowest BCUT2D eigenvalue weighted by Gasteiger charge is -2.26. The van der Waals surface area contributed by atoms with Crippen LogP contribution < -0.4 is 10.6 Å². The zero-order valence-electron chi connectivity index (χ0n) is 20.0. The topological polar surface area (TPSA) is 74.6 Å². The first-order valence-electron chi connectivity index (χ1n) is 11.6. The summed E-state index contributed by atoms with van der Waals surface area (Å²) in [4.78, 5) is 27.0. The molecule has 0 aliphatic carbocycles. The number of nitrogens with zero attached hydrogens (tertiary/aromatic N) is 1. The van der Waals surface area contributed by atoms with Crippen LogP contribution in [0.15, 0.2) is 40.8 Å². The Labute approximate surface area is 191 Å². The van der Waals surface area contributed by atoms with Gasteiger partial charge in [0.1, 0.15) is 11.8 Å². The van der Waals surface area contributed by atoms with Gasteiger partial charge in [0.2, 0.25) is 5.91 Å². The normalized spacial score (nSPS) is 17.3. The van der Waals surface area contributed by atoms with Gasteiger partial charge in [-0.15, -0.1) is 0 Å². The van der Waals surface area contributed by atoms with Crippen LogP contribution in [0.5, 0.6) is 0 Å². The summed E-state index contributed by atoms with van der Waals surface area (Å²) >= 11 is 0. The summed E-state index contributed by atoms with van der Waals surface area (Å²) in [5.41, 5.74) is 2.70. The molecule has 1 aliphatic rings. The second-order valence-electron chi connectivity index (χ2n) is 10.0. The molecule has 6 nitrogen and oxygen atoms in total. The fraction of sp³-hybridized carbons (Fsp3) is 0.538. The van der Waals surface area contributed by atoms with E-state index in [1.165, 1.54) is 11.1 Å². The van der Waals surface area contributed by atoms with Gasteiger partial charge in [0, 0.05) is 19.1 Å². The van der Waals surface area contributed by atoms with Crippen LogP contribution in [0.3, 0.4) is 0 Å². The zero-order valence-corrected chi connectivity index (χ0v) is 20.0.